The highest BCUT2D eigenvalue weighted by Crippen LogP contribution is 2.29. The van der Waals surface area contributed by atoms with Gasteiger partial charge in [-0.05, 0) is 17.9 Å². The molecule has 98 valence electrons. The SMILES string of the molecule is CCCNS(=O)(=O)c1cn(C)nc1-c1cccs1. The maximum atomic E-state index is 12.2. The molecular weight excluding hydrogens is 270 g/mol. The first-order valence-corrected chi connectivity index (χ1v) is 7.98. The Morgan fingerprint density at radius 3 is 2.89 bits per heavy atom. The Hall–Kier alpha value is -1.18. The molecule has 0 saturated carbocycles. The number of hydrogen-bond donors (Lipinski definition) is 1. The molecule has 2 heterocycles. The van der Waals surface area contributed by atoms with Gasteiger partial charge in [-0.1, -0.05) is 13.0 Å². The van der Waals surface area contributed by atoms with Crippen LogP contribution in [-0.4, -0.2) is 24.7 Å². The highest BCUT2D eigenvalue weighted by atomic mass is 32.2. The summed E-state index contributed by atoms with van der Waals surface area (Å²) in [7, 11) is -1.77. The van der Waals surface area contributed by atoms with Gasteiger partial charge in [-0.25, -0.2) is 13.1 Å². The molecule has 0 aliphatic rings. The summed E-state index contributed by atoms with van der Waals surface area (Å²) in [5, 5.41) is 6.14. The number of aromatic nitrogens is 2. The zero-order chi connectivity index (χ0) is 13.2. The van der Waals surface area contributed by atoms with Gasteiger partial charge in [-0.2, -0.15) is 5.10 Å². The molecule has 0 bridgehead atoms. The van der Waals surface area contributed by atoms with Crippen LogP contribution in [0.15, 0.2) is 28.6 Å². The molecule has 2 rings (SSSR count). The van der Waals surface area contributed by atoms with Crippen LogP contribution in [0.3, 0.4) is 0 Å². The van der Waals surface area contributed by atoms with Crippen molar-refractivity contribution in [3.8, 4) is 10.6 Å². The zero-order valence-electron chi connectivity index (χ0n) is 10.3. The average Bonchev–Trinajstić information content (AvgIpc) is 2.94. The predicted molar refractivity (Wildman–Crippen MR) is 72.0 cm³/mol. The molecule has 18 heavy (non-hydrogen) atoms. The van der Waals surface area contributed by atoms with E-state index in [1.54, 1.807) is 7.05 Å². The summed E-state index contributed by atoms with van der Waals surface area (Å²) in [5.41, 5.74) is 0.510. The quantitative estimate of drug-likeness (QED) is 0.911. The van der Waals surface area contributed by atoms with Crippen LogP contribution in [0.1, 0.15) is 13.3 Å². The van der Waals surface area contributed by atoms with Crippen LogP contribution < -0.4 is 4.72 Å². The smallest absolute Gasteiger partial charge is 0.244 e. The first-order chi connectivity index (χ1) is 8.54. The van der Waals surface area contributed by atoms with E-state index < -0.39 is 10.0 Å². The molecule has 7 heteroatoms. The van der Waals surface area contributed by atoms with Crippen LogP contribution in [0.4, 0.5) is 0 Å². The standard InChI is InChI=1S/C11H15N3O2S2/c1-3-6-12-18(15,16)10-8-14(2)13-11(10)9-5-4-7-17-9/h4-5,7-8,12H,3,6H2,1-2H3. The molecule has 2 aromatic rings. The molecule has 1 N–H and O–H groups in total. The molecule has 0 aromatic carbocycles. The number of thiophene rings is 1. The van der Waals surface area contributed by atoms with Crippen LogP contribution >= 0.6 is 11.3 Å². The molecule has 0 aliphatic carbocycles. The molecule has 0 unspecified atom stereocenters. The van der Waals surface area contributed by atoms with Gasteiger partial charge in [0.05, 0.1) is 4.88 Å². The lowest BCUT2D eigenvalue weighted by Gasteiger charge is -2.04. The van der Waals surface area contributed by atoms with Crippen molar-refractivity contribution in [1.82, 2.24) is 14.5 Å². The monoisotopic (exact) mass is 285 g/mol. The molecule has 5 nitrogen and oxygen atoms in total. The van der Waals surface area contributed by atoms with Crippen molar-refractivity contribution in [3.05, 3.63) is 23.7 Å². The number of aryl methyl sites for hydroxylation is 1. The lowest BCUT2D eigenvalue weighted by Crippen LogP contribution is -2.24. The van der Waals surface area contributed by atoms with Crippen molar-refractivity contribution in [3.63, 3.8) is 0 Å². The molecule has 0 spiro atoms. The van der Waals surface area contributed by atoms with Gasteiger partial charge < -0.3 is 0 Å². The lowest BCUT2D eigenvalue weighted by molar-refractivity contribution is 0.581. The van der Waals surface area contributed by atoms with Crippen LogP contribution in [0.2, 0.25) is 0 Å². The van der Waals surface area contributed by atoms with E-state index in [0.717, 1.165) is 11.3 Å². The summed E-state index contributed by atoms with van der Waals surface area (Å²) < 4.78 is 28.4. The largest absolute Gasteiger partial charge is 0.274 e. The molecular formula is C11H15N3O2S2. The Morgan fingerprint density at radius 1 is 1.50 bits per heavy atom. The highest BCUT2D eigenvalue weighted by Gasteiger charge is 2.22. The number of hydrogen-bond acceptors (Lipinski definition) is 4. The van der Waals surface area contributed by atoms with Gasteiger partial charge in [0, 0.05) is 19.8 Å². The Balaban J connectivity index is 2.45. The van der Waals surface area contributed by atoms with Crippen LogP contribution in [0.5, 0.6) is 0 Å². The molecule has 0 saturated heterocycles. The second-order valence-electron chi connectivity index (χ2n) is 3.89. The first-order valence-electron chi connectivity index (χ1n) is 5.62. The minimum absolute atomic E-state index is 0.237. The fraction of sp³-hybridized carbons (Fsp3) is 0.364. The second-order valence-corrected chi connectivity index (χ2v) is 6.57. The Labute approximate surface area is 111 Å². The minimum atomic E-state index is -3.48. The van der Waals surface area contributed by atoms with Gasteiger partial charge >= 0.3 is 0 Å². The van der Waals surface area contributed by atoms with Crippen molar-refractivity contribution >= 4 is 21.4 Å². The van der Waals surface area contributed by atoms with E-state index in [4.69, 9.17) is 0 Å². The van der Waals surface area contributed by atoms with E-state index >= 15 is 0 Å². The maximum Gasteiger partial charge on any atom is 0.244 e. The third-order valence-electron chi connectivity index (χ3n) is 2.38. The van der Waals surface area contributed by atoms with E-state index in [2.05, 4.69) is 9.82 Å². The molecule has 0 amide bonds. The van der Waals surface area contributed by atoms with E-state index in [9.17, 15) is 8.42 Å². The predicted octanol–water partition coefficient (Wildman–Crippen LogP) is 1.84. The highest BCUT2D eigenvalue weighted by molar-refractivity contribution is 7.89. The van der Waals surface area contributed by atoms with Crippen LogP contribution in [-0.2, 0) is 17.1 Å². The number of nitrogens with one attached hydrogen (secondary N) is 1. The average molecular weight is 285 g/mol. The first kappa shape index (κ1) is 13.3. The Morgan fingerprint density at radius 2 is 2.28 bits per heavy atom. The van der Waals surface area contributed by atoms with Crippen molar-refractivity contribution in [2.75, 3.05) is 6.54 Å². The summed E-state index contributed by atoms with van der Waals surface area (Å²) >= 11 is 1.48. The third kappa shape index (κ3) is 2.63. The van der Waals surface area contributed by atoms with Crippen molar-refractivity contribution < 1.29 is 8.42 Å². The normalized spacial score (nSPS) is 11.9. The molecule has 2 aromatic heterocycles. The number of nitrogens with zero attached hydrogens (tertiary/aromatic N) is 2. The van der Waals surface area contributed by atoms with Crippen molar-refractivity contribution in [1.29, 1.82) is 0 Å². The summed E-state index contributed by atoms with van der Waals surface area (Å²) in [6.45, 7) is 2.35. The van der Waals surface area contributed by atoms with Gasteiger partial charge in [-0.15, -0.1) is 11.3 Å². The Bertz CT molecular complexity index is 615. The fourth-order valence-electron chi connectivity index (χ4n) is 1.56. The second kappa shape index (κ2) is 5.21. The topological polar surface area (TPSA) is 64.0 Å². The third-order valence-corrected chi connectivity index (χ3v) is 4.72. The minimum Gasteiger partial charge on any atom is -0.274 e. The number of rotatable bonds is 5. The van der Waals surface area contributed by atoms with E-state index in [1.165, 1.54) is 22.2 Å². The van der Waals surface area contributed by atoms with Crippen molar-refractivity contribution in [2.45, 2.75) is 18.2 Å². The van der Waals surface area contributed by atoms with Gasteiger partial charge in [0.25, 0.3) is 0 Å². The summed E-state index contributed by atoms with van der Waals surface area (Å²) in [6, 6.07) is 3.75. The summed E-state index contributed by atoms with van der Waals surface area (Å²) in [6.07, 6.45) is 2.29. The van der Waals surface area contributed by atoms with Crippen molar-refractivity contribution in [2.24, 2.45) is 7.05 Å². The Kier molecular flexibility index (Phi) is 3.84. The van der Waals surface area contributed by atoms with E-state index in [1.807, 2.05) is 24.4 Å². The molecule has 0 atom stereocenters. The lowest BCUT2D eigenvalue weighted by atomic mass is 10.3. The number of sulfonamides is 1. The van der Waals surface area contributed by atoms with Crippen LogP contribution in [0.25, 0.3) is 10.6 Å². The van der Waals surface area contributed by atoms with Gasteiger partial charge in [0.15, 0.2) is 0 Å². The zero-order valence-corrected chi connectivity index (χ0v) is 11.9. The van der Waals surface area contributed by atoms with E-state index in [-0.39, 0.29) is 4.90 Å². The molecule has 0 aliphatic heterocycles. The summed E-state index contributed by atoms with van der Waals surface area (Å²) in [5.74, 6) is 0. The molecule has 0 fully saturated rings. The van der Waals surface area contributed by atoms with Gasteiger partial charge in [-0.3, -0.25) is 4.68 Å². The maximum absolute atomic E-state index is 12.2. The fourth-order valence-corrected chi connectivity index (χ4v) is 3.67. The molecule has 0 radical (unpaired) electrons. The van der Waals surface area contributed by atoms with Crippen LogP contribution in [0, 0.1) is 0 Å². The van der Waals surface area contributed by atoms with Gasteiger partial charge in [0.2, 0.25) is 10.0 Å². The van der Waals surface area contributed by atoms with Gasteiger partial charge in [0.1, 0.15) is 10.6 Å². The van der Waals surface area contributed by atoms with E-state index in [0.29, 0.717) is 12.2 Å². The summed E-state index contributed by atoms with van der Waals surface area (Å²) in [4.78, 5) is 1.09.